The molecule has 60 valence electrons. The summed E-state index contributed by atoms with van der Waals surface area (Å²) in [6.07, 6.45) is 4.69. The van der Waals surface area contributed by atoms with E-state index in [0.29, 0.717) is 12.7 Å². The van der Waals surface area contributed by atoms with Crippen LogP contribution >= 0.6 is 0 Å². The summed E-state index contributed by atoms with van der Waals surface area (Å²) < 4.78 is 5.38. The van der Waals surface area contributed by atoms with Crippen molar-refractivity contribution in [1.29, 1.82) is 0 Å². The second kappa shape index (κ2) is 3.94. The van der Waals surface area contributed by atoms with Crippen molar-refractivity contribution in [2.24, 2.45) is 0 Å². The lowest BCUT2D eigenvalue weighted by molar-refractivity contribution is -0.0423. The number of rotatable bonds is 4. The number of hydrogen-bond donors (Lipinski definition) is 1. The standard InChI is InChI=1S/C8H16O2/c1-2-7(9)6-10-8-4-3-5-8/h7-9H,2-6H2,1H3. The Morgan fingerprint density at radius 2 is 2.30 bits per heavy atom. The SMILES string of the molecule is CCC(O)COC1CCC1. The lowest BCUT2D eigenvalue weighted by Crippen LogP contribution is -2.26. The summed E-state index contributed by atoms with van der Waals surface area (Å²) >= 11 is 0. The van der Waals surface area contributed by atoms with Crippen LogP contribution in [-0.2, 0) is 4.74 Å². The van der Waals surface area contributed by atoms with Crippen LogP contribution in [0.25, 0.3) is 0 Å². The van der Waals surface area contributed by atoms with Crippen LogP contribution in [0.3, 0.4) is 0 Å². The molecule has 1 fully saturated rings. The normalized spacial score (nSPS) is 22.2. The molecule has 1 N–H and O–H groups in total. The minimum Gasteiger partial charge on any atom is -0.391 e. The molecule has 1 saturated carbocycles. The number of aliphatic hydroxyl groups is 1. The Hall–Kier alpha value is -0.0800. The van der Waals surface area contributed by atoms with E-state index in [1.54, 1.807) is 0 Å². The van der Waals surface area contributed by atoms with Crippen LogP contribution in [0.2, 0.25) is 0 Å². The van der Waals surface area contributed by atoms with Crippen molar-refractivity contribution >= 4 is 0 Å². The third kappa shape index (κ3) is 2.27. The molecule has 0 spiro atoms. The van der Waals surface area contributed by atoms with Crippen molar-refractivity contribution in [2.45, 2.75) is 44.8 Å². The van der Waals surface area contributed by atoms with Crippen molar-refractivity contribution in [3.05, 3.63) is 0 Å². The van der Waals surface area contributed by atoms with E-state index in [2.05, 4.69) is 0 Å². The Morgan fingerprint density at radius 1 is 1.60 bits per heavy atom. The molecule has 0 amide bonds. The molecule has 1 rings (SSSR count). The average molecular weight is 144 g/mol. The maximum Gasteiger partial charge on any atom is 0.0771 e. The molecule has 0 bridgehead atoms. The van der Waals surface area contributed by atoms with Gasteiger partial charge < -0.3 is 9.84 Å². The highest BCUT2D eigenvalue weighted by molar-refractivity contribution is 4.69. The predicted octanol–water partition coefficient (Wildman–Crippen LogP) is 1.33. The Kier molecular flexibility index (Phi) is 3.16. The Labute approximate surface area is 62.2 Å². The molecule has 0 heterocycles. The average Bonchev–Trinajstić information content (AvgIpc) is 1.84. The predicted molar refractivity (Wildman–Crippen MR) is 39.9 cm³/mol. The summed E-state index contributed by atoms with van der Waals surface area (Å²) in [6, 6.07) is 0. The Bertz CT molecular complexity index is 84.5. The van der Waals surface area contributed by atoms with Crippen LogP contribution in [0.15, 0.2) is 0 Å². The molecule has 10 heavy (non-hydrogen) atoms. The van der Waals surface area contributed by atoms with Crippen LogP contribution in [0.4, 0.5) is 0 Å². The molecule has 0 aromatic carbocycles. The second-order valence-corrected chi connectivity index (χ2v) is 2.95. The quantitative estimate of drug-likeness (QED) is 0.645. The summed E-state index contributed by atoms with van der Waals surface area (Å²) in [7, 11) is 0. The van der Waals surface area contributed by atoms with Gasteiger partial charge in [-0.05, 0) is 25.7 Å². The molecule has 1 aliphatic carbocycles. The summed E-state index contributed by atoms with van der Waals surface area (Å²) in [5.41, 5.74) is 0. The van der Waals surface area contributed by atoms with Gasteiger partial charge in [0.2, 0.25) is 0 Å². The second-order valence-electron chi connectivity index (χ2n) is 2.95. The third-order valence-corrected chi connectivity index (χ3v) is 2.05. The minimum atomic E-state index is -0.249. The van der Waals surface area contributed by atoms with E-state index >= 15 is 0 Å². The van der Waals surface area contributed by atoms with E-state index in [1.807, 2.05) is 6.92 Å². The highest BCUT2D eigenvalue weighted by atomic mass is 16.5. The number of hydrogen-bond acceptors (Lipinski definition) is 2. The van der Waals surface area contributed by atoms with Gasteiger partial charge >= 0.3 is 0 Å². The minimum absolute atomic E-state index is 0.249. The molecule has 0 aromatic heterocycles. The van der Waals surface area contributed by atoms with Gasteiger partial charge in [-0.25, -0.2) is 0 Å². The van der Waals surface area contributed by atoms with Crippen LogP contribution in [0.1, 0.15) is 32.6 Å². The molecule has 1 atom stereocenters. The fourth-order valence-electron chi connectivity index (χ4n) is 0.902. The van der Waals surface area contributed by atoms with Crippen LogP contribution in [-0.4, -0.2) is 23.9 Å². The maximum atomic E-state index is 9.10. The van der Waals surface area contributed by atoms with Gasteiger partial charge in [0.25, 0.3) is 0 Å². The fourth-order valence-corrected chi connectivity index (χ4v) is 0.902. The first-order valence-electron chi connectivity index (χ1n) is 4.12. The summed E-state index contributed by atoms with van der Waals surface area (Å²) in [4.78, 5) is 0. The zero-order valence-corrected chi connectivity index (χ0v) is 6.55. The fraction of sp³-hybridized carbons (Fsp3) is 1.00. The van der Waals surface area contributed by atoms with Crippen LogP contribution < -0.4 is 0 Å². The summed E-state index contributed by atoms with van der Waals surface area (Å²) in [6.45, 7) is 2.50. The topological polar surface area (TPSA) is 29.5 Å². The zero-order valence-electron chi connectivity index (χ0n) is 6.55. The highest BCUT2D eigenvalue weighted by Gasteiger charge is 2.18. The smallest absolute Gasteiger partial charge is 0.0771 e. The third-order valence-electron chi connectivity index (χ3n) is 2.05. The number of aliphatic hydroxyl groups excluding tert-OH is 1. The molecule has 0 saturated heterocycles. The lowest BCUT2D eigenvalue weighted by Gasteiger charge is -2.26. The largest absolute Gasteiger partial charge is 0.391 e. The van der Waals surface area contributed by atoms with E-state index in [1.165, 1.54) is 19.3 Å². The molecule has 2 nitrogen and oxygen atoms in total. The van der Waals surface area contributed by atoms with Crippen LogP contribution in [0.5, 0.6) is 0 Å². The van der Waals surface area contributed by atoms with E-state index in [9.17, 15) is 0 Å². The van der Waals surface area contributed by atoms with Gasteiger partial charge in [-0.15, -0.1) is 0 Å². The summed E-state index contributed by atoms with van der Waals surface area (Å²) in [5.74, 6) is 0. The first-order valence-corrected chi connectivity index (χ1v) is 4.12. The van der Waals surface area contributed by atoms with E-state index in [4.69, 9.17) is 9.84 Å². The highest BCUT2D eigenvalue weighted by Crippen LogP contribution is 2.21. The van der Waals surface area contributed by atoms with Gasteiger partial charge in [0.15, 0.2) is 0 Å². The van der Waals surface area contributed by atoms with Gasteiger partial charge in [-0.3, -0.25) is 0 Å². The van der Waals surface area contributed by atoms with Gasteiger partial charge in [0.05, 0.1) is 18.8 Å². The van der Waals surface area contributed by atoms with Crippen molar-refractivity contribution in [3.63, 3.8) is 0 Å². The van der Waals surface area contributed by atoms with Gasteiger partial charge in [0.1, 0.15) is 0 Å². The van der Waals surface area contributed by atoms with Gasteiger partial charge in [-0.2, -0.15) is 0 Å². The lowest BCUT2D eigenvalue weighted by atomic mass is 9.96. The van der Waals surface area contributed by atoms with Crippen molar-refractivity contribution in [2.75, 3.05) is 6.61 Å². The molecular weight excluding hydrogens is 128 g/mol. The molecule has 1 unspecified atom stereocenters. The molecule has 0 radical (unpaired) electrons. The van der Waals surface area contributed by atoms with E-state index in [-0.39, 0.29) is 6.10 Å². The Morgan fingerprint density at radius 3 is 2.70 bits per heavy atom. The monoisotopic (exact) mass is 144 g/mol. The van der Waals surface area contributed by atoms with Crippen molar-refractivity contribution < 1.29 is 9.84 Å². The van der Waals surface area contributed by atoms with Crippen molar-refractivity contribution in [3.8, 4) is 0 Å². The van der Waals surface area contributed by atoms with E-state index < -0.39 is 0 Å². The summed E-state index contributed by atoms with van der Waals surface area (Å²) in [5, 5.41) is 9.10. The number of ether oxygens (including phenoxy) is 1. The van der Waals surface area contributed by atoms with Crippen molar-refractivity contribution in [1.82, 2.24) is 0 Å². The molecule has 1 aliphatic rings. The van der Waals surface area contributed by atoms with Gasteiger partial charge in [0, 0.05) is 0 Å². The molecule has 0 aromatic rings. The Balaban J connectivity index is 1.93. The van der Waals surface area contributed by atoms with Gasteiger partial charge in [-0.1, -0.05) is 6.92 Å². The first kappa shape index (κ1) is 8.02. The first-order chi connectivity index (χ1) is 4.83. The van der Waals surface area contributed by atoms with Crippen LogP contribution in [0, 0.1) is 0 Å². The molecule has 0 aliphatic heterocycles. The zero-order chi connectivity index (χ0) is 7.40. The molecule has 2 heteroatoms. The maximum absolute atomic E-state index is 9.10. The molecular formula is C8H16O2. The van der Waals surface area contributed by atoms with E-state index in [0.717, 1.165) is 6.42 Å².